The number of nitriles is 1. The molecule has 1 heterocycles. The highest BCUT2D eigenvalue weighted by Crippen LogP contribution is 2.22. The van der Waals surface area contributed by atoms with Crippen molar-refractivity contribution < 1.29 is 24.1 Å². The molecule has 4 N–H and O–H groups in total. The van der Waals surface area contributed by atoms with Gasteiger partial charge < -0.3 is 30.0 Å². The molecule has 1 atom stereocenters. The van der Waals surface area contributed by atoms with Gasteiger partial charge in [-0.05, 0) is 55.5 Å². The molecule has 0 radical (unpaired) electrons. The summed E-state index contributed by atoms with van der Waals surface area (Å²) in [5, 5.41) is 35.2. The molecule has 0 saturated carbocycles. The summed E-state index contributed by atoms with van der Waals surface area (Å²) in [6, 6.07) is 16.2. The molecule has 1 unspecified atom stereocenters. The maximum atomic E-state index is 12.5. The summed E-state index contributed by atoms with van der Waals surface area (Å²) >= 11 is 0. The maximum absolute atomic E-state index is 12.5. The van der Waals surface area contributed by atoms with Crippen molar-refractivity contribution in [1.29, 1.82) is 5.26 Å². The van der Waals surface area contributed by atoms with Crippen LogP contribution in [0.4, 0.5) is 4.79 Å². The Labute approximate surface area is 216 Å². The van der Waals surface area contributed by atoms with Crippen molar-refractivity contribution >= 4 is 36.1 Å². The van der Waals surface area contributed by atoms with E-state index < -0.39 is 19.1 Å². The minimum absolute atomic E-state index is 0.0670. The number of carbonyl (C=O) groups excluding carboxylic acids is 2. The molecule has 10 heteroatoms. The average molecular weight is 502 g/mol. The van der Waals surface area contributed by atoms with Crippen molar-refractivity contribution in [3.63, 3.8) is 0 Å². The number of benzene rings is 2. The molecule has 3 rings (SSSR count). The third-order valence-corrected chi connectivity index (χ3v) is 6.04. The largest absolute Gasteiger partial charge is 0.475 e. The fraction of sp³-hybridized carbons (Fsp3) is 0.296. The molecule has 0 aliphatic heterocycles. The topological polar surface area (TPSA) is 139 Å². The van der Waals surface area contributed by atoms with Gasteiger partial charge in [0.1, 0.15) is 17.2 Å². The number of para-hydroxylation sites is 1. The van der Waals surface area contributed by atoms with Crippen molar-refractivity contribution in [3.8, 4) is 6.07 Å². The molecular weight excluding hydrogens is 471 g/mol. The highest BCUT2D eigenvalue weighted by Gasteiger charge is 2.27. The van der Waals surface area contributed by atoms with Crippen LogP contribution in [0.15, 0.2) is 64.8 Å². The summed E-state index contributed by atoms with van der Waals surface area (Å²) in [7, 11) is -1.75. The number of likely N-dealkylation sites (N-methyl/N-ethyl adjacent to an activating group) is 1. The molecule has 0 spiro atoms. The van der Waals surface area contributed by atoms with Crippen LogP contribution in [0.1, 0.15) is 30.5 Å². The zero-order valence-corrected chi connectivity index (χ0v) is 21.0. The first-order valence-electron chi connectivity index (χ1n) is 12.2. The third kappa shape index (κ3) is 7.46. The molecule has 0 aliphatic carbocycles. The fourth-order valence-corrected chi connectivity index (χ4v) is 4.03. The van der Waals surface area contributed by atoms with Crippen LogP contribution in [-0.2, 0) is 17.6 Å². The van der Waals surface area contributed by atoms with E-state index in [1.165, 1.54) is 0 Å². The van der Waals surface area contributed by atoms with E-state index in [1.54, 1.807) is 17.2 Å². The zero-order chi connectivity index (χ0) is 26.8. The molecule has 3 aromatic rings. The SMILES string of the molecule is CCN(CC)C(=O)C(C#N)=Cc1cccc(CCNC(=O)NC(Cc2coc3ccccc23)B(O)O)c1. The minimum atomic E-state index is -1.75. The van der Waals surface area contributed by atoms with Gasteiger partial charge in [0, 0.05) is 25.0 Å². The van der Waals surface area contributed by atoms with Crippen LogP contribution in [-0.4, -0.2) is 59.6 Å². The van der Waals surface area contributed by atoms with E-state index in [1.807, 2.05) is 68.4 Å². The van der Waals surface area contributed by atoms with E-state index >= 15 is 0 Å². The van der Waals surface area contributed by atoms with Crippen LogP contribution in [0.25, 0.3) is 17.0 Å². The molecule has 0 saturated heterocycles. The first-order chi connectivity index (χ1) is 17.9. The van der Waals surface area contributed by atoms with Gasteiger partial charge in [-0.2, -0.15) is 5.26 Å². The number of nitrogens with one attached hydrogen (secondary N) is 2. The standard InChI is InChI=1S/C27H31BN4O5/c1-3-32(4-2)26(33)21(17-29)15-20-9-7-8-19(14-20)12-13-30-27(34)31-25(28(35)36)16-22-18-37-24-11-6-5-10-23(22)24/h5-11,14-15,18,25,35-36H,3-4,12-13,16H2,1-2H3,(H2,30,31,34). The number of carbonyl (C=O) groups is 2. The van der Waals surface area contributed by atoms with Crippen LogP contribution in [0.5, 0.6) is 0 Å². The van der Waals surface area contributed by atoms with E-state index in [2.05, 4.69) is 10.6 Å². The Bertz CT molecular complexity index is 1290. The smallest absolute Gasteiger partial charge is 0.464 e. The first-order valence-corrected chi connectivity index (χ1v) is 12.2. The lowest BCUT2D eigenvalue weighted by Gasteiger charge is -2.18. The quantitative estimate of drug-likeness (QED) is 0.181. The normalized spacial score (nSPS) is 12.0. The van der Waals surface area contributed by atoms with Gasteiger partial charge in [0.2, 0.25) is 0 Å². The molecule has 3 amide bonds. The van der Waals surface area contributed by atoms with Gasteiger partial charge in [-0.1, -0.05) is 42.5 Å². The van der Waals surface area contributed by atoms with Crippen LogP contribution in [0.3, 0.4) is 0 Å². The first kappa shape index (κ1) is 27.5. The molecular formula is C27H31BN4O5. The third-order valence-electron chi connectivity index (χ3n) is 6.04. The summed E-state index contributed by atoms with van der Waals surface area (Å²) in [4.78, 5) is 26.5. The maximum Gasteiger partial charge on any atom is 0.475 e. The Morgan fingerprint density at radius 2 is 1.92 bits per heavy atom. The van der Waals surface area contributed by atoms with Gasteiger partial charge in [-0.3, -0.25) is 4.79 Å². The fourth-order valence-electron chi connectivity index (χ4n) is 4.03. The van der Waals surface area contributed by atoms with Gasteiger partial charge >= 0.3 is 13.1 Å². The lowest BCUT2D eigenvalue weighted by Crippen LogP contribution is -2.51. The van der Waals surface area contributed by atoms with Crippen molar-refractivity contribution in [2.45, 2.75) is 32.6 Å². The number of nitrogens with zero attached hydrogens (tertiary/aromatic N) is 2. The van der Waals surface area contributed by atoms with Gasteiger partial charge in [-0.15, -0.1) is 0 Å². The van der Waals surface area contributed by atoms with Gasteiger partial charge in [0.15, 0.2) is 0 Å². The van der Waals surface area contributed by atoms with Crippen LogP contribution in [0.2, 0.25) is 0 Å². The summed E-state index contributed by atoms with van der Waals surface area (Å²) in [6.07, 6.45) is 3.80. The van der Waals surface area contributed by atoms with E-state index in [0.29, 0.717) is 31.6 Å². The minimum Gasteiger partial charge on any atom is -0.464 e. The van der Waals surface area contributed by atoms with E-state index in [4.69, 9.17) is 4.42 Å². The van der Waals surface area contributed by atoms with Crippen LogP contribution >= 0.6 is 0 Å². The van der Waals surface area contributed by atoms with Crippen LogP contribution in [0, 0.1) is 11.3 Å². The number of amides is 3. The Balaban J connectivity index is 1.56. The predicted molar refractivity (Wildman–Crippen MR) is 142 cm³/mol. The molecule has 0 aliphatic rings. The summed E-state index contributed by atoms with van der Waals surface area (Å²) < 4.78 is 5.49. The predicted octanol–water partition coefficient (Wildman–Crippen LogP) is 2.67. The number of furan rings is 1. The average Bonchev–Trinajstić information content (AvgIpc) is 3.30. The van der Waals surface area contributed by atoms with Crippen molar-refractivity contribution in [2.24, 2.45) is 0 Å². The zero-order valence-electron chi connectivity index (χ0n) is 21.0. The molecule has 37 heavy (non-hydrogen) atoms. The lowest BCUT2D eigenvalue weighted by molar-refractivity contribution is -0.126. The van der Waals surface area contributed by atoms with Gasteiger partial charge in [-0.25, -0.2) is 4.79 Å². The van der Waals surface area contributed by atoms with Crippen molar-refractivity contribution in [2.75, 3.05) is 19.6 Å². The monoisotopic (exact) mass is 502 g/mol. The van der Waals surface area contributed by atoms with Crippen molar-refractivity contribution in [3.05, 3.63) is 77.1 Å². The Morgan fingerprint density at radius 3 is 2.62 bits per heavy atom. The second-order valence-corrected chi connectivity index (χ2v) is 8.52. The number of hydrogen-bond donors (Lipinski definition) is 4. The van der Waals surface area contributed by atoms with Gasteiger partial charge in [0.25, 0.3) is 5.91 Å². The van der Waals surface area contributed by atoms with Crippen molar-refractivity contribution in [1.82, 2.24) is 15.5 Å². The highest BCUT2D eigenvalue weighted by atomic mass is 16.4. The van der Waals surface area contributed by atoms with Gasteiger partial charge in [0.05, 0.1) is 12.2 Å². The lowest BCUT2D eigenvalue weighted by atomic mass is 9.76. The second kappa shape index (κ2) is 13.3. The molecule has 192 valence electrons. The second-order valence-electron chi connectivity index (χ2n) is 8.52. The summed E-state index contributed by atoms with van der Waals surface area (Å²) in [6.45, 7) is 5.07. The van der Waals surface area contributed by atoms with E-state index in [9.17, 15) is 24.9 Å². The molecule has 9 nitrogen and oxygen atoms in total. The molecule has 2 aromatic carbocycles. The summed E-state index contributed by atoms with van der Waals surface area (Å²) in [5.74, 6) is -1.23. The Hall–Kier alpha value is -4.07. The highest BCUT2D eigenvalue weighted by molar-refractivity contribution is 6.43. The number of urea groups is 1. The molecule has 0 bridgehead atoms. The number of hydrogen-bond acceptors (Lipinski definition) is 6. The van der Waals surface area contributed by atoms with E-state index in [0.717, 1.165) is 22.1 Å². The summed E-state index contributed by atoms with van der Waals surface area (Å²) in [5.41, 5.74) is 3.14. The Morgan fingerprint density at radius 1 is 1.16 bits per heavy atom. The Kier molecular flexibility index (Phi) is 9.89. The van der Waals surface area contributed by atoms with Crippen LogP contribution < -0.4 is 10.6 Å². The van der Waals surface area contributed by atoms with E-state index in [-0.39, 0.29) is 17.9 Å². The molecule has 0 fully saturated rings. The number of fused-ring (bicyclic) bond motifs is 1. The molecule has 1 aromatic heterocycles. The number of rotatable bonds is 11.